The van der Waals surface area contributed by atoms with Gasteiger partial charge in [-0.2, -0.15) is 5.10 Å². The highest BCUT2D eigenvalue weighted by atomic mass is 16.6. The predicted octanol–water partition coefficient (Wildman–Crippen LogP) is 4.57. The molecule has 1 aliphatic heterocycles. The van der Waals surface area contributed by atoms with E-state index in [-0.39, 0.29) is 17.3 Å². The van der Waals surface area contributed by atoms with Crippen molar-refractivity contribution in [2.75, 3.05) is 18.5 Å². The van der Waals surface area contributed by atoms with Gasteiger partial charge in [-0.1, -0.05) is 12.8 Å². The lowest BCUT2D eigenvalue weighted by Crippen LogP contribution is -2.32. The monoisotopic (exact) mass is 455 g/mol. The number of benzene rings is 1. The number of aryl methyl sites for hydroxylation is 1. The zero-order valence-corrected chi connectivity index (χ0v) is 18.3. The molecule has 0 bridgehead atoms. The van der Waals surface area contributed by atoms with Gasteiger partial charge in [0.05, 0.1) is 21.6 Å². The zero-order valence-electron chi connectivity index (χ0n) is 18.3. The summed E-state index contributed by atoms with van der Waals surface area (Å²) in [5.41, 5.74) is 4.05. The Morgan fingerprint density at radius 3 is 2.45 bits per heavy atom. The Kier molecular flexibility index (Phi) is 6.38. The van der Waals surface area contributed by atoms with Crippen molar-refractivity contribution >= 4 is 28.7 Å². The minimum atomic E-state index is -0.692. The van der Waals surface area contributed by atoms with E-state index < -0.39 is 15.5 Å². The number of likely N-dealkylation sites (tertiary alicyclic amines) is 1. The van der Waals surface area contributed by atoms with Crippen LogP contribution in [0.15, 0.2) is 27.7 Å². The van der Waals surface area contributed by atoms with Crippen LogP contribution in [0.1, 0.15) is 66.0 Å². The van der Waals surface area contributed by atoms with Gasteiger partial charge in [0.1, 0.15) is 11.4 Å². The summed E-state index contributed by atoms with van der Waals surface area (Å²) in [6.07, 6.45) is 6.26. The Morgan fingerprint density at radius 1 is 1.06 bits per heavy atom. The van der Waals surface area contributed by atoms with Crippen LogP contribution in [-0.4, -0.2) is 39.5 Å². The first-order valence-electron chi connectivity index (χ1n) is 11.0. The molecule has 2 aromatic rings. The molecular formula is C22H25N5O6. The molecule has 174 valence electrons. The second-order valence-corrected chi connectivity index (χ2v) is 8.30. The molecule has 1 aromatic heterocycles. The maximum Gasteiger partial charge on any atom is 0.301 e. The average molecular weight is 455 g/mol. The number of nitro benzene ring substituents is 2. The minimum absolute atomic E-state index is 0.0484. The van der Waals surface area contributed by atoms with Crippen molar-refractivity contribution in [1.82, 2.24) is 4.90 Å². The summed E-state index contributed by atoms with van der Waals surface area (Å²) in [7, 11) is 0. The quantitative estimate of drug-likeness (QED) is 0.513. The van der Waals surface area contributed by atoms with E-state index in [1.54, 1.807) is 0 Å². The van der Waals surface area contributed by atoms with Gasteiger partial charge >= 0.3 is 5.69 Å². The maximum atomic E-state index is 13.1. The number of nitrogens with one attached hydrogen (secondary N) is 1. The molecule has 0 radical (unpaired) electrons. The normalized spacial score (nSPS) is 17.4. The smallest absolute Gasteiger partial charge is 0.301 e. The van der Waals surface area contributed by atoms with Crippen LogP contribution in [0.4, 0.5) is 17.1 Å². The molecule has 1 aromatic carbocycles. The highest BCUT2D eigenvalue weighted by molar-refractivity contribution is 6.06. The van der Waals surface area contributed by atoms with E-state index in [1.165, 1.54) is 12.1 Å². The fraction of sp³-hybridized carbons (Fsp3) is 0.455. The zero-order chi connectivity index (χ0) is 23.5. The number of nitro groups is 2. The molecular weight excluding hydrogens is 430 g/mol. The van der Waals surface area contributed by atoms with Crippen molar-refractivity contribution in [3.05, 3.63) is 61.1 Å². The van der Waals surface area contributed by atoms with E-state index in [2.05, 4.69) is 10.5 Å². The Balaban J connectivity index is 1.63. The van der Waals surface area contributed by atoms with Gasteiger partial charge in [-0.05, 0) is 38.7 Å². The largest absolute Gasteiger partial charge is 0.455 e. The number of carbonyl (C=O) groups excluding carboxylic acids is 1. The van der Waals surface area contributed by atoms with Crippen LogP contribution in [0.3, 0.4) is 0 Å². The fourth-order valence-corrected chi connectivity index (χ4v) is 4.41. The van der Waals surface area contributed by atoms with Gasteiger partial charge in [0, 0.05) is 36.7 Å². The fourth-order valence-electron chi connectivity index (χ4n) is 4.41. The summed E-state index contributed by atoms with van der Waals surface area (Å²) < 4.78 is 6.00. The molecule has 4 rings (SSSR count). The van der Waals surface area contributed by atoms with Crippen molar-refractivity contribution in [2.45, 2.75) is 51.9 Å². The predicted molar refractivity (Wildman–Crippen MR) is 121 cm³/mol. The molecule has 11 nitrogen and oxygen atoms in total. The number of furan rings is 1. The molecule has 0 atom stereocenters. The molecule has 1 amide bonds. The average Bonchev–Trinajstić information content (AvgIpc) is 2.97. The summed E-state index contributed by atoms with van der Waals surface area (Å²) in [6, 6.07) is 3.35. The number of nitrogens with zero attached hydrogens (tertiary/aromatic N) is 4. The SMILES string of the molecule is Cc1c(C(=O)N2CCCCCC2)oc2c1/C(=N/Nc1ccc([N+](=O)[O-])cc1[N+](=O)[O-])CCC2. The van der Waals surface area contributed by atoms with Crippen LogP contribution in [0, 0.1) is 27.2 Å². The van der Waals surface area contributed by atoms with Crippen molar-refractivity contribution < 1.29 is 19.1 Å². The van der Waals surface area contributed by atoms with Crippen LogP contribution in [0.25, 0.3) is 0 Å². The molecule has 0 unspecified atom stereocenters. The van der Waals surface area contributed by atoms with Gasteiger partial charge < -0.3 is 9.32 Å². The first-order chi connectivity index (χ1) is 15.9. The lowest BCUT2D eigenvalue weighted by atomic mass is 9.93. The second-order valence-electron chi connectivity index (χ2n) is 8.30. The van der Waals surface area contributed by atoms with Crippen LogP contribution in [0.2, 0.25) is 0 Å². The topological polar surface area (TPSA) is 144 Å². The molecule has 1 aliphatic carbocycles. The van der Waals surface area contributed by atoms with E-state index in [1.807, 2.05) is 11.8 Å². The van der Waals surface area contributed by atoms with Gasteiger partial charge in [0.25, 0.3) is 11.6 Å². The Hall–Kier alpha value is -3.76. The first-order valence-corrected chi connectivity index (χ1v) is 11.0. The van der Waals surface area contributed by atoms with E-state index in [9.17, 15) is 25.0 Å². The number of rotatable bonds is 5. The van der Waals surface area contributed by atoms with Gasteiger partial charge in [-0.15, -0.1) is 0 Å². The van der Waals surface area contributed by atoms with Crippen LogP contribution in [-0.2, 0) is 6.42 Å². The molecule has 2 heterocycles. The summed E-state index contributed by atoms with van der Waals surface area (Å²) in [5.74, 6) is 0.913. The maximum absolute atomic E-state index is 13.1. The second kappa shape index (κ2) is 9.39. The van der Waals surface area contributed by atoms with Crippen molar-refractivity contribution in [3.63, 3.8) is 0 Å². The molecule has 1 N–H and O–H groups in total. The Morgan fingerprint density at radius 2 is 1.79 bits per heavy atom. The Bertz CT molecular complexity index is 1130. The van der Waals surface area contributed by atoms with Crippen molar-refractivity contribution in [1.29, 1.82) is 0 Å². The molecule has 33 heavy (non-hydrogen) atoms. The third-order valence-corrected chi connectivity index (χ3v) is 6.11. The van der Waals surface area contributed by atoms with Gasteiger partial charge in [-0.25, -0.2) is 0 Å². The number of fused-ring (bicyclic) bond motifs is 1. The first kappa shape index (κ1) is 22.4. The molecule has 0 saturated carbocycles. The number of carbonyl (C=O) groups is 1. The van der Waals surface area contributed by atoms with E-state index >= 15 is 0 Å². The molecule has 1 fully saturated rings. The molecule has 0 spiro atoms. The standard InChI is InChI=1S/C22H25N5O6/c1-14-20-17(24-23-16-10-9-15(26(29)30)13-18(16)27(31)32)7-6-8-19(20)33-21(14)22(28)25-11-4-2-3-5-12-25/h9-10,13,23H,2-8,11-12H2,1H3/b24-17+. The number of non-ortho nitro benzene ring substituents is 1. The van der Waals surface area contributed by atoms with Gasteiger partial charge in [0.2, 0.25) is 0 Å². The minimum Gasteiger partial charge on any atom is -0.455 e. The van der Waals surface area contributed by atoms with Crippen molar-refractivity contribution in [2.24, 2.45) is 5.10 Å². The molecule has 11 heteroatoms. The lowest BCUT2D eigenvalue weighted by Gasteiger charge is -2.19. The summed E-state index contributed by atoms with van der Waals surface area (Å²) in [5, 5.41) is 26.7. The molecule has 2 aliphatic rings. The van der Waals surface area contributed by atoms with Gasteiger partial charge in [-0.3, -0.25) is 30.4 Å². The van der Waals surface area contributed by atoms with E-state index in [0.717, 1.165) is 62.4 Å². The van der Waals surface area contributed by atoms with Crippen LogP contribution >= 0.6 is 0 Å². The third-order valence-electron chi connectivity index (χ3n) is 6.11. The van der Waals surface area contributed by atoms with Crippen LogP contribution < -0.4 is 5.43 Å². The highest BCUT2D eigenvalue weighted by Crippen LogP contribution is 2.33. The van der Waals surface area contributed by atoms with E-state index in [0.29, 0.717) is 30.1 Å². The summed E-state index contributed by atoms with van der Waals surface area (Å²) in [6.45, 7) is 3.27. The lowest BCUT2D eigenvalue weighted by molar-refractivity contribution is -0.393. The Labute approximate surface area is 189 Å². The number of hydrazone groups is 1. The highest BCUT2D eigenvalue weighted by Gasteiger charge is 2.30. The summed E-state index contributed by atoms with van der Waals surface area (Å²) >= 11 is 0. The van der Waals surface area contributed by atoms with Crippen molar-refractivity contribution in [3.8, 4) is 0 Å². The number of anilines is 1. The molecule has 1 saturated heterocycles. The number of hydrogen-bond donors (Lipinski definition) is 1. The third kappa shape index (κ3) is 4.57. The van der Waals surface area contributed by atoms with Gasteiger partial charge in [0.15, 0.2) is 5.76 Å². The summed E-state index contributed by atoms with van der Waals surface area (Å²) in [4.78, 5) is 35.9. The number of amides is 1. The van der Waals surface area contributed by atoms with E-state index in [4.69, 9.17) is 4.42 Å². The number of hydrogen-bond acceptors (Lipinski definition) is 8. The van der Waals surface area contributed by atoms with Crippen LogP contribution in [0.5, 0.6) is 0 Å².